The first-order valence-corrected chi connectivity index (χ1v) is 5.55. The van der Waals surface area contributed by atoms with Crippen LogP contribution in [0, 0.1) is 0 Å². The van der Waals surface area contributed by atoms with E-state index in [2.05, 4.69) is 28.2 Å². The number of fused-ring (bicyclic) bond motifs is 1. The van der Waals surface area contributed by atoms with Gasteiger partial charge in [0, 0.05) is 17.8 Å². The van der Waals surface area contributed by atoms with Crippen LogP contribution in [0.2, 0.25) is 0 Å². The van der Waals surface area contributed by atoms with E-state index in [9.17, 15) is 0 Å². The van der Waals surface area contributed by atoms with Gasteiger partial charge in [0.15, 0.2) is 0 Å². The van der Waals surface area contributed by atoms with E-state index in [1.807, 2.05) is 30.0 Å². The second kappa shape index (κ2) is 3.44. The highest BCUT2D eigenvalue weighted by atomic mass is 32.1. The van der Waals surface area contributed by atoms with Gasteiger partial charge in [0.25, 0.3) is 0 Å². The van der Waals surface area contributed by atoms with Crippen molar-refractivity contribution in [2.45, 2.75) is 0 Å². The van der Waals surface area contributed by atoms with E-state index in [1.165, 1.54) is 15.8 Å². The third-order valence-corrected chi connectivity index (χ3v) is 3.14. The van der Waals surface area contributed by atoms with Gasteiger partial charge in [-0.3, -0.25) is 9.97 Å². The van der Waals surface area contributed by atoms with Gasteiger partial charge in [-0.2, -0.15) is 0 Å². The molecule has 72 valence electrons. The van der Waals surface area contributed by atoms with Crippen LogP contribution in [0.3, 0.4) is 0 Å². The molecule has 3 aromatic rings. The van der Waals surface area contributed by atoms with Gasteiger partial charge in [-0.15, -0.1) is 11.3 Å². The number of hydrogen-bond donors (Lipinski definition) is 0. The van der Waals surface area contributed by atoms with Gasteiger partial charge < -0.3 is 0 Å². The fraction of sp³-hybridized carbons (Fsp3) is 0. The zero-order valence-corrected chi connectivity index (χ0v) is 8.74. The summed E-state index contributed by atoms with van der Waals surface area (Å²) in [4.78, 5) is 9.57. The molecule has 0 saturated heterocycles. The van der Waals surface area contributed by atoms with Crippen molar-refractivity contribution in [2.24, 2.45) is 0 Å². The molecule has 0 amide bonds. The average molecular weight is 212 g/mol. The molecule has 0 aliphatic carbocycles. The summed E-state index contributed by atoms with van der Waals surface area (Å²) in [6, 6.07) is 10.3. The number of nitrogens with zero attached hydrogens (tertiary/aromatic N) is 2. The fourth-order valence-electron chi connectivity index (χ4n) is 1.59. The Morgan fingerprint density at radius 2 is 2.13 bits per heavy atom. The molecule has 0 saturated carbocycles. The second-order valence-electron chi connectivity index (χ2n) is 3.28. The summed E-state index contributed by atoms with van der Waals surface area (Å²) in [5.41, 5.74) is 4.09. The van der Waals surface area contributed by atoms with Gasteiger partial charge >= 0.3 is 0 Å². The monoisotopic (exact) mass is 212 g/mol. The van der Waals surface area contributed by atoms with Crippen LogP contribution in [0.15, 0.2) is 48.2 Å². The van der Waals surface area contributed by atoms with Crippen molar-refractivity contribution in [3.8, 4) is 10.4 Å². The molecule has 2 nitrogen and oxygen atoms in total. The molecular formula is C12H8N2S. The molecule has 3 rings (SSSR count). The van der Waals surface area contributed by atoms with Crippen LogP contribution in [0.25, 0.3) is 21.3 Å². The van der Waals surface area contributed by atoms with Crippen LogP contribution < -0.4 is 0 Å². The smallest absolute Gasteiger partial charge is 0.0797 e. The molecule has 0 aliphatic rings. The molecular weight excluding hydrogens is 204 g/mol. The van der Waals surface area contributed by atoms with Crippen molar-refractivity contribution >= 4 is 22.2 Å². The lowest BCUT2D eigenvalue weighted by molar-refractivity contribution is 1.41. The van der Waals surface area contributed by atoms with E-state index < -0.39 is 0 Å². The van der Waals surface area contributed by atoms with E-state index >= 15 is 0 Å². The maximum absolute atomic E-state index is 4.29. The predicted molar refractivity (Wildman–Crippen MR) is 62.9 cm³/mol. The molecule has 0 unspecified atom stereocenters. The van der Waals surface area contributed by atoms with Crippen LogP contribution >= 0.6 is 11.3 Å². The van der Waals surface area contributed by atoms with Crippen LogP contribution in [-0.4, -0.2) is 9.97 Å². The van der Waals surface area contributed by atoms with E-state index in [1.54, 1.807) is 11.3 Å². The molecule has 0 aliphatic heterocycles. The Kier molecular flexibility index (Phi) is 1.96. The molecule has 0 radical (unpaired) electrons. The van der Waals surface area contributed by atoms with Crippen molar-refractivity contribution in [3.05, 3.63) is 48.2 Å². The number of benzene rings is 1. The number of rotatable bonds is 1. The zero-order chi connectivity index (χ0) is 10.1. The topological polar surface area (TPSA) is 25.8 Å². The van der Waals surface area contributed by atoms with Gasteiger partial charge in [0.2, 0.25) is 0 Å². The minimum absolute atomic E-state index is 1.03. The molecule has 2 aromatic heterocycles. The summed E-state index contributed by atoms with van der Waals surface area (Å²) in [5.74, 6) is 0. The Balaban J connectivity index is 2.22. The van der Waals surface area contributed by atoms with Crippen molar-refractivity contribution in [2.75, 3.05) is 0 Å². The minimum atomic E-state index is 1.03. The van der Waals surface area contributed by atoms with E-state index in [4.69, 9.17) is 0 Å². The van der Waals surface area contributed by atoms with Crippen LogP contribution in [0.1, 0.15) is 0 Å². The predicted octanol–water partition coefficient (Wildman–Crippen LogP) is 3.36. The lowest BCUT2D eigenvalue weighted by atomic mass is 10.1. The standard InChI is InChI=1S/C12H8N2S/c1-2-9-6-10(12-7-13-8-15-12)3-4-11(9)14-5-1/h1-8H. The number of thiazole rings is 1. The van der Waals surface area contributed by atoms with E-state index in [0.29, 0.717) is 0 Å². The molecule has 0 atom stereocenters. The summed E-state index contributed by atoms with van der Waals surface area (Å²) in [5, 5.41) is 1.17. The van der Waals surface area contributed by atoms with Gasteiger partial charge in [0.05, 0.1) is 15.9 Å². The Morgan fingerprint density at radius 3 is 3.00 bits per heavy atom. The summed E-state index contributed by atoms with van der Waals surface area (Å²) < 4.78 is 0. The molecule has 0 bridgehead atoms. The summed E-state index contributed by atoms with van der Waals surface area (Å²) in [6.45, 7) is 0. The van der Waals surface area contributed by atoms with Crippen molar-refractivity contribution in [3.63, 3.8) is 0 Å². The quantitative estimate of drug-likeness (QED) is 0.618. The lowest BCUT2D eigenvalue weighted by Gasteiger charge is -1.99. The number of aromatic nitrogens is 2. The first kappa shape index (κ1) is 8.56. The van der Waals surface area contributed by atoms with Crippen molar-refractivity contribution in [1.29, 1.82) is 0 Å². The normalized spacial score (nSPS) is 10.7. The van der Waals surface area contributed by atoms with Crippen molar-refractivity contribution in [1.82, 2.24) is 9.97 Å². The maximum Gasteiger partial charge on any atom is 0.0797 e. The van der Waals surface area contributed by atoms with Gasteiger partial charge in [-0.05, 0) is 23.8 Å². The molecule has 0 fully saturated rings. The summed E-state index contributed by atoms with van der Waals surface area (Å²) in [7, 11) is 0. The molecule has 0 N–H and O–H groups in total. The Morgan fingerprint density at radius 1 is 1.13 bits per heavy atom. The third kappa shape index (κ3) is 1.51. The molecule has 3 heteroatoms. The maximum atomic E-state index is 4.29. The second-order valence-corrected chi connectivity index (χ2v) is 4.16. The zero-order valence-electron chi connectivity index (χ0n) is 7.92. The van der Waals surface area contributed by atoms with E-state index in [-0.39, 0.29) is 0 Å². The number of hydrogen-bond acceptors (Lipinski definition) is 3. The highest BCUT2D eigenvalue weighted by Crippen LogP contribution is 2.25. The van der Waals surface area contributed by atoms with E-state index in [0.717, 1.165) is 5.52 Å². The van der Waals surface area contributed by atoms with Gasteiger partial charge in [-0.25, -0.2) is 0 Å². The van der Waals surface area contributed by atoms with Crippen LogP contribution in [0.5, 0.6) is 0 Å². The molecule has 2 heterocycles. The van der Waals surface area contributed by atoms with Crippen molar-refractivity contribution < 1.29 is 0 Å². The molecule has 0 spiro atoms. The van der Waals surface area contributed by atoms with Gasteiger partial charge in [-0.1, -0.05) is 12.1 Å². The first-order chi connectivity index (χ1) is 7.43. The highest BCUT2D eigenvalue weighted by Gasteiger charge is 2.00. The Hall–Kier alpha value is -1.74. The van der Waals surface area contributed by atoms with Crippen LogP contribution in [-0.2, 0) is 0 Å². The largest absolute Gasteiger partial charge is 0.256 e. The Bertz CT molecular complexity index is 587. The minimum Gasteiger partial charge on any atom is -0.256 e. The molecule has 1 aromatic carbocycles. The van der Waals surface area contributed by atoms with Gasteiger partial charge in [0.1, 0.15) is 0 Å². The SMILES string of the molecule is c1cnc2ccc(-c3cncs3)cc2c1. The summed E-state index contributed by atoms with van der Waals surface area (Å²) in [6.07, 6.45) is 3.71. The number of pyridine rings is 1. The average Bonchev–Trinajstić information content (AvgIpc) is 2.82. The molecule has 15 heavy (non-hydrogen) atoms. The summed E-state index contributed by atoms with van der Waals surface area (Å²) >= 11 is 1.65. The van der Waals surface area contributed by atoms with Crippen LogP contribution in [0.4, 0.5) is 0 Å². The lowest BCUT2D eigenvalue weighted by Crippen LogP contribution is -1.78. The Labute approximate surface area is 91.2 Å². The third-order valence-electron chi connectivity index (χ3n) is 2.32. The first-order valence-electron chi connectivity index (χ1n) is 4.67. The highest BCUT2D eigenvalue weighted by molar-refractivity contribution is 7.13. The fourth-order valence-corrected chi connectivity index (χ4v) is 2.21.